The summed E-state index contributed by atoms with van der Waals surface area (Å²) in [5.74, 6) is -0.0418. The van der Waals surface area contributed by atoms with Crippen LogP contribution in [0.4, 0.5) is 0 Å². The van der Waals surface area contributed by atoms with E-state index in [0.29, 0.717) is 12.2 Å². The van der Waals surface area contributed by atoms with Gasteiger partial charge >= 0.3 is 5.97 Å². The molecule has 0 amide bonds. The Bertz CT molecular complexity index is 957. The average molecular weight is 346 g/mol. The van der Waals surface area contributed by atoms with Gasteiger partial charge in [-0.3, -0.25) is 0 Å². The maximum atomic E-state index is 12.5. The normalized spacial score (nSPS) is 16.3. The first-order chi connectivity index (χ1) is 12.8. The number of aromatic amines is 1. The number of rotatable bonds is 4. The maximum Gasteiger partial charge on any atom is 0.341 e. The van der Waals surface area contributed by atoms with E-state index >= 15 is 0 Å². The summed E-state index contributed by atoms with van der Waals surface area (Å²) in [6, 6.07) is 18.7. The number of para-hydroxylation sites is 1. The largest absolute Gasteiger partial charge is 0.462 e. The van der Waals surface area contributed by atoms with Crippen LogP contribution in [0.2, 0.25) is 0 Å². The summed E-state index contributed by atoms with van der Waals surface area (Å²) >= 11 is 0. The second kappa shape index (κ2) is 7.08. The molecule has 132 valence electrons. The highest BCUT2D eigenvalue weighted by Crippen LogP contribution is 2.36. The van der Waals surface area contributed by atoms with Crippen LogP contribution in [0.25, 0.3) is 16.5 Å². The number of carbonyl (C=O) groups excluding carboxylic acids is 1. The van der Waals surface area contributed by atoms with Crippen molar-refractivity contribution in [2.24, 2.45) is 0 Å². The van der Waals surface area contributed by atoms with Crippen molar-refractivity contribution in [2.45, 2.75) is 19.3 Å². The zero-order valence-corrected chi connectivity index (χ0v) is 14.8. The lowest BCUT2D eigenvalue weighted by Gasteiger charge is -2.17. The van der Waals surface area contributed by atoms with Crippen molar-refractivity contribution < 1.29 is 9.53 Å². The van der Waals surface area contributed by atoms with Gasteiger partial charge in [0, 0.05) is 29.6 Å². The third-order valence-corrected chi connectivity index (χ3v) is 4.85. The van der Waals surface area contributed by atoms with E-state index in [1.807, 2.05) is 25.1 Å². The quantitative estimate of drug-likeness (QED) is 0.702. The van der Waals surface area contributed by atoms with Gasteiger partial charge < -0.3 is 15.0 Å². The highest BCUT2D eigenvalue weighted by Gasteiger charge is 2.28. The second-order valence-electron chi connectivity index (χ2n) is 6.53. The highest BCUT2D eigenvalue weighted by atomic mass is 16.5. The minimum atomic E-state index is -0.298. The Balaban J connectivity index is 1.82. The molecule has 4 rings (SSSR count). The Labute approximate surface area is 152 Å². The Morgan fingerprint density at radius 1 is 1.12 bits per heavy atom. The molecule has 2 heterocycles. The standard InChI is InChI=1S/C22H22N2O2/c1-2-26-22(25)18-14-23-13-16(12-15-8-4-3-5-9-15)20-17-10-6-7-11-19(17)24-21(18)20/h3-11,14,16,23-24H,2,12-13H2,1H3. The van der Waals surface area contributed by atoms with Gasteiger partial charge in [0.1, 0.15) is 0 Å². The van der Waals surface area contributed by atoms with E-state index in [4.69, 9.17) is 4.74 Å². The molecular weight excluding hydrogens is 324 g/mol. The van der Waals surface area contributed by atoms with E-state index in [9.17, 15) is 4.79 Å². The third-order valence-electron chi connectivity index (χ3n) is 4.85. The van der Waals surface area contributed by atoms with Crippen LogP contribution in [0, 0.1) is 0 Å². The topological polar surface area (TPSA) is 54.1 Å². The summed E-state index contributed by atoms with van der Waals surface area (Å²) in [5.41, 5.74) is 4.96. The van der Waals surface area contributed by atoms with Gasteiger partial charge in [-0.1, -0.05) is 48.5 Å². The Morgan fingerprint density at radius 2 is 1.88 bits per heavy atom. The van der Waals surface area contributed by atoms with Crippen LogP contribution in [0.3, 0.4) is 0 Å². The van der Waals surface area contributed by atoms with Crippen LogP contribution in [-0.4, -0.2) is 24.1 Å². The Hall–Kier alpha value is -3.01. The van der Waals surface area contributed by atoms with Crippen molar-refractivity contribution in [3.8, 4) is 0 Å². The summed E-state index contributed by atoms with van der Waals surface area (Å²) in [5, 5.41) is 4.49. The molecule has 3 aromatic rings. The molecular formula is C22H22N2O2. The van der Waals surface area contributed by atoms with E-state index in [-0.39, 0.29) is 11.9 Å². The first-order valence-corrected chi connectivity index (χ1v) is 9.03. The second-order valence-corrected chi connectivity index (χ2v) is 6.53. The van der Waals surface area contributed by atoms with Gasteiger partial charge in [0.15, 0.2) is 0 Å². The first kappa shape index (κ1) is 16.5. The number of fused-ring (bicyclic) bond motifs is 3. The van der Waals surface area contributed by atoms with E-state index in [2.05, 4.69) is 46.7 Å². The van der Waals surface area contributed by atoms with Crippen LogP contribution in [-0.2, 0) is 16.0 Å². The minimum absolute atomic E-state index is 0.256. The summed E-state index contributed by atoms with van der Waals surface area (Å²) in [6.07, 6.45) is 2.70. The number of ether oxygens (including phenoxy) is 1. The molecule has 26 heavy (non-hydrogen) atoms. The number of esters is 1. The number of aromatic nitrogens is 1. The number of H-pyrrole nitrogens is 1. The van der Waals surface area contributed by atoms with Crippen molar-refractivity contribution in [1.29, 1.82) is 0 Å². The molecule has 1 aliphatic rings. The lowest BCUT2D eigenvalue weighted by molar-refractivity contribution is -0.136. The Kier molecular flexibility index (Phi) is 4.48. The number of carbonyl (C=O) groups is 1. The highest BCUT2D eigenvalue weighted by molar-refractivity contribution is 6.17. The predicted octanol–water partition coefficient (Wildman–Crippen LogP) is 4.00. The van der Waals surface area contributed by atoms with Gasteiger partial charge in [-0.15, -0.1) is 0 Å². The maximum absolute atomic E-state index is 12.5. The lowest BCUT2D eigenvalue weighted by Crippen LogP contribution is -2.17. The van der Waals surface area contributed by atoms with Gasteiger partial charge in [0.2, 0.25) is 0 Å². The predicted molar refractivity (Wildman–Crippen MR) is 104 cm³/mol. The zero-order chi connectivity index (χ0) is 17.9. The smallest absolute Gasteiger partial charge is 0.341 e. The molecule has 1 unspecified atom stereocenters. The van der Waals surface area contributed by atoms with Gasteiger partial charge in [0.05, 0.1) is 17.9 Å². The van der Waals surface area contributed by atoms with Crippen LogP contribution in [0.15, 0.2) is 60.8 Å². The van der Waals surface area contributed by atoms with Crippen LogP contribution < -0.4 is 5.32 Å². The molecule has 0 saturated carbocycles. The third kappa shape index (κ3) is 2.99. The molecule has 0 fully saturated rings. The van der Waals surface area contributed by atoms with E-state index in [1.54, 1.807) is 6.20 Å². The van der Waals surface area contributed by atoms with E-state index in [0.717, 1.165) is 24.2 Å². The summed E-state index contributed by atoms with van der Waals surface area (Å²) < 4.78 is 5.28. The fraction of sp³-hybridized carbons (Fsp3) is 0.227. The zero-order valence-electron chi connectivity index (χ0n) is 14.8. The van der Waals surface area contributed by atoms with Crippen molar-refractivity contribution >= 4 is 22.4 Å². The van der Waals surface area contributed by atoms with Crippen molar-refractivity contribution in [1.82, 2.24) is 10.3 Å². The molecule has 1 aliphatic heterocycles. The molecule has 1 aromatic heterocycles. The first-order valence-electron chi connectivity index (χ1n) is 9.03. The van der Waals surface area contributed by atoms with Crippen LogP contribution in [0.1, 0.15) is 29.7 Å². The molecule has 1 atom stereocenters. The van der Waals surface area contributed by atoms with Crippen molar-refractivity contribution in [3.63, 3.8) is 0 Å². The lowest BCUT2D eigenvalue weighted by atomic mass is 9.89. The molecule has 0 saturated heterocycles. The van der Waals surface area contributed by atoms with Crippen molar-refractivity contribution in [2.75, 3.05) is 13.2 Å². The summed E-state index contributed by atoms with van der Waals surface area (Å²) in [4.78, 5) is 16.0. The fourth-order valence-corrected chi connectivity index (χ4v) is 3.72. The number of benzene rings is 2. The molecule has 0 spiro atoms. The number of nitrogens with one attached hydrogen (secondary N) is 2. The summed E-state index contributed by atoms with van der Waals surface area (Å²) in [6.45, 7) is 2.96. The average Bonchev–Trinajstić information content (AvgIpc) is 2.95. The molecule has 0 radical (unpaired) electrons. The molecule has 0 bridgehead atoms. The van der Waals surface area contributed by atoms with Gasteiger partial charge in [-0.05, 0) is 30.5 Å². The van der Waals surface area contributed by atoms with Crippen LogP contribution in [0.5, 0.6) is 0 Å². The molecule has 2 aromatic carbocycles. The minimum Gasteiger partial charge on any atom is -0.462 e. The van der Waals surface area contributed by atoms with Gasteiger partial charge in [-0.25, -0.2) is 4.79 Å². The summed E-state index contributed by atoms with van der Waals surface area (Å²) in [7, 11) is 0. The monoisotopic (exact) mass is 346 g/mol. The van der Waals surface area contributed by atoms with Gasteiger partial charge in [-0.2, -0.15) is 0 Å². The molecule has 2 N–H and O–H groups in total. The molecule has 0 aliphatic carbocycles. The number of hydrogen-bond donors (Lipinski definition) is 2. The van der Waals surface area contributed by atoms with Crippen molar-refractivity contribution in [3.05, 3.63) is 77.6 Å². The number of hydrogen-bond acceptors (Lipinski definition) is 3. The van der Waals surface area contributed by atoms with Gasteiger partial charge in [0.25, 0.3) is 0 Å². The fourth-order valence-electron chi connectivity index (χ4n) is 3.72. The Morgan fingerprint density at radius 3 is 2.69 bits per heavy atom. The molecule has 4 nitrogen and oxygen atoms in total. The van der Waals surface area contributed by atoms with E-state index < -0.39 is 0 Å². The SMILES string of the molecule is CCOC(=O)C1=CNCC(Cc2ccccc2)c2c1[nH]c1ccccc21. The van der Waals surface area contributed by atoms with E-state index in [1.165, 1.54) is 16.5 Å². The molecule has 4 heteroatoms. The van der Waals surface area contributed by atoms with Crippen LogP contribution >= 0.6 is 0 Å².